The number of halogens is 1. The molecule has 1 aromatic rings. The quantitative estimate of drug-likeness (QED) is 0.898. The normalized spacial score (nSPS) is 16.4. The second-order valence-corrected chi connectivity index (χ2v) is 5.61. The monoisotopic (exact) mass is 280 g/mol. The molecule has 0 aliphatic heterocycles. The fourth-order valence-corrected chi connectivity index (χ4v) is 2.41. The lowest BCUT2D eigenvalue weighted by Crippen LogP contribution is -2.50. The number of carbonyl (C=O) groups is 1. The smallest absolute Gasteiger partial charge is 0.224 e. The minimum absolute atomic E-state index is 0.00317. The second kappa shape index (κ2) is 5.79. The molecule has 0 heterocycles. The van der Waals surface area contributed by atoms with Gasteiger partial charge >= 0.3 is 0 Å². The molecule has 0 saturated heterocycles. The van der Waals surface area contributed by atoms with Gasteiger partial charge in [0.05, 0.1) is 7.11 Å². The van der Waals surface area contributed by atoms with Gasteiger partial charge in [-0.3, -0.25) is 4.79 Å². The van der Waals surface area contributed by atoms with E-state index in [1.165, 1.54) is 13.2 Å². The van der Waals surface area contributed by atoms with E-state index in [0.717, 1.165) is 24.8 Å². The average Bonchev–Trinajstić information content (AvgIpc) is 2.37. The first-order chi connectivity index (χ1) is 9.43. The molecule has 0 atom stereocenters. The highest BCUT2D eigenvalue weighted by Gasteiger charge is 2.35. The first-order valence-corrected chi connectivity index (χ1v) is 6.79. The van der Waals surface area contributed by atoms with E-state index >= 15 is 0 Å². The van der Waals surface area contributed by atoms with Gasteiger partial charge in [0.25, 0.3) is 0 Å². The molecule has 1 aliphatic rings. The molecule has 2 N–H and O–H groups in total. The predicted octanol–water partition coefficient (Wildman–Crippen LogP) is 2.06. The van der Waals surface area contributed by atoms with E-state index in [-0.39, 0.29) is 17.2 Å². The summed E-state index contributed by atoms with van der Waals surface area (Å²) in [6.45, 7) is 0.371. The van der Waals surface area contributed by atoms with E-state index in [1.54, 1.807) is 24.1 Å². The molecule has 20 heavy (non-hydrogen) atoms. The van der Waals surface area contributed by atoms with Crippen LogP contribution < -0.4 is 10.5 Å². The SMILES string of the molecule is COc1ccc(CN(C)C(=O)CC2(N)CCC2)cc1F. The Morgan fingerprint density at radius 3 is 2.70 bits per heavy atom. The maximum atomic E-state index is 13.6. The number of nitrogens with two attached hydrogens (primary N) is 1. The molecule has 4 nitrogen and oxygen atoms in total. The summed E-state index contributed by atoms with van der Waals surface area (Å²) < 4.78 is 18.5. The summed E-state index contributed by atoms with van der Waals surface area (Å²) in [5.74, 6) is -0.207. The Kier molecular flexibility index (Phi) is 4.28. The Bertz CT molecular complexity index is 501. The third-order valence-corrected chi connectivity index (χ3v) is 3.91. The molecule has 0 radical (unpaired) electrons. The lowest BCUT2D eigenvalue weighted by molar-refractivity contribution is -0.132. The number of methoxy groups -OCH3 is 1. The fraction of sp³-hybridized carbons (Fsp3) is 0.533. The number of amides is 1. The summed E-state index contributed by atoms with van der Waals surface area (Å²) in [5.41, 5.74) is 6.49. The maximum Gasteiger partial charge on any atom is 0.224 e. The third-order valence-electron chi connectivity index (χ3n) is 3.91. The van der Waals surface area contributed by atoms with Crippen LogP contribution in [0.5, 0.6) is 5.75 Å². The number of hydrogen-bond donors (Lipinski definition) is 1. The Balaban J connectivity index is 1.95. The minimum Gasteiger partial charge on any atom is -0.494 e. The molecule has 0 unspecified atom stereocenters. The van der Waals surface area contributed by atoms with Crippen LogP contribution in [0.15, 0.2) is 18.2 Å². The van der Waals surface area contributed by atoms with Gasteiger partial charge in [0.15, 0.2) is 11.6 Å². The number of rotatable bonds is 5. The lowest BCUT2D eigenvalue weighted by Gasteiger charge is -2.38. The number of carbonyl (C=O) groups excluding carboxylic acids is 1. The minimum atomic E-state index is -0.417. The summed E-state index contributed by atoms with van der Waals surface area (Å²) in [6, 6.07) is 4.72. The lowest BCUT2D eigenvalue weighted by atomic mass is 9.75. The van der Waals surface area contributed by atoms with Crippen LogP contribution in [0.25, 0.3) is 0 Å². The molecular formula is C15H21FN2O2. The van der Waals surface area contributed by atoms with E-state index in [1.807, 2.05) is 0 Å². The summed E-state index contributed by atoms with van der Waals surface area (Å²) in [5, 5.41) is 0. The van der Waals surface area contributed by atoms with E-state index in [0.29, 0.717) is 13.0 Å². The molecule has 0 aromatic heterocycles. The van der Waals surface area contributed by atoms with Crippen LogP contribution in [0, 0.1) is 5.82 Å². The van der Waals surface area contributed by atoms with Crippen molar-refractivity contribution in [2.24, 2.45) is 5.73 Å². The van der Waals surface area contributed by atoms with Crippen molar-refractivity contribution < 1.29 is 13.9 Å². The van der Waals surface area contributed by atoms with Crippen LogP contribution in [0.3, 0.4) is 0 Å². The van der Waals surface area contributed by atoms with Gasteiger partial charge in [0.1, 0.15) is 0 Å². The zero-order valence-electron chi connectivity index (χ0n) is 12.0. The largest absolute Gasteiger partial charge is 0.494 e. The van der Waals surface area contributed by atoms with Crippen molar-refractivity contribution in [3.63, 3.8) is 0 Å². The zero-order chi connectivity index (χ0) is 14.8. The summed E-state index contributed by atoms with van der Waals surface area (Å²) in [6.07, 6.45) is 3.27. The van der Waals surface area contributed by atoms with Crippen LogP contribution >= 0.6 is 0 Å². The van der Waals surface area contributed by atoms with Crippen molar-refractivity contribution in [2.75, 3.05) is 14.2 Å². The van der Waals surface area contributed by atoms with E-state index in [2.05, 4.69) is 0 Å². The van der Waals surface area contributed by atoms with E-state index in [9.17, 15) is 9.18 Å². The van der Waals surface area contributed by atoms with Crippen molar-refractivity contribution in [1.29, 1.82) is 0 Å². The Morgan fingerprint density at radius 2 is 2.20 bits per heavy atom. The van der Waals surface area contributed by atoms with Crippen molar-refractivity contribution >= 4 is 5.91 Å². The molecular weight excluding hydrogens is 259 g/mol. The van der Waals surface area contributed by atoms with Crippen LogP contribution in [0.4, 0.5) is 4.39 Å². The Morgan fingerprint density at radius 1 is 1.50 bits per heavy atom. The molecule has 110 valence electrons. The predicted molar refractivity (Wildman–Crippen MR) is 74.8 cm³/mol. The molecule has 1 saturated carbocycles. The zero-order valence-corrected chi connectivity index (χ0v) is 12.0. The number of nitrogens with zero attached hydrogens (tertiary/aromatic N) is 1. The summed E-state index contributed by atoms with van der Waals surface area (Å²) >= 11 is 0. The van der Waals surface area contributed by atoms with Crippen molar-refractivity contribution in [2.45, 2.75) is 37.8 Å². The first-order valence-electron chi connectivity index (χ1n) is 6.79. The van der Waals surface area contributed by atoms with Gasteiger partial charge in [0, 0.05) is 25.6 Å². The molecule has 1 aliphatic carbocycles. The van der Waals surface area contributed by atoms with Gasteiger partial charge in [-0.05, 0) is 37.0 Å². The maximum absolute atomic E-state index is 13.6. The van der Waals surface area contributed by atoms with E-state index < -0.39 is 5.82 Å². The van der Waals surface area contributed by atoms with Gasteiger partial charge < -0.3 is 15.4 Å². The van der Waals surface area contributed by atoms with Gasteiger partial charge in [-0.1, -0.05) is 6.07 Å². The van der Waals surface area contributed by atoms with Crippen LogP contribution in [0.1, 0.15) is 31.2 Å². The standard InChI is InChI=1S/C15H21FN2O2/c1-18(14(19)9-15(17)6-3-7-15)10-11-4-5-13(20-2)12(16)8-11/h4-5,8H,3,6-7,9-10,17H2,1-2H3. The molecule has 1 aromatic carbocycles. The van der Waals surface area contributed by atoms with Crippen molar-refractivity contribution in [3.05, 3.63) is 29.6 Å². The van der Waals surface area contributed by atoms with Crippen LogP contribution in [0.2, 0.25) is 0 Å². The van der Waals surface area contributed by atoms with Gasteiger partial charge in [0.2, 0.25) is 5.91 Å². The average molecular weight is 280 g/mol. The second-order valence-electron chi connectivity index (χ2n) is 5.61. The van der Waals surface area contributed by atoms with Crippen LogP contribution in [-0.4, -0.2) is 30.5 Å². The third kappa shape index (κ3) is 3.28. The molecule has 0 bridgehead atoms. The molecule has 0 spiro atoms. The van der Waals surface area contributed by atoms with Gasteiger partial charge in [-0.15, -0.1) is 0 Å². The van der Waals surface area contributed by atoms with Crippen molar-refractivity contribution in [3.8, 4) is 5.75 Å². The fourth-order valence-electron chi connectivity index (χ4n) is 2.41. The van der Waals surface area contributed by atoms with Gasteiger partial charge in [-0.25, -0.2) is 4.39 Å². The topological polar surface area (TPSA) is 55.6 Å². The van der Waals surface area contributed by atoms with E-state index in [4.69, 9.17) is 10.5 Å². The number of hydrogen-bond acceptors (Lipinski definition) is 3. The van der Waals surface area contributed by atoms with Crippen molar-refractivity contribution in [1.82, 2.24) is 4.90 Å². The van der Waals surface area contributed by atoms with Crippen LogP contribution in [-0.2, 0) is 11.3 Å². The van der Waals surface area contributed by atoms with Gasteiger partial charge in [-0.2, -0.15) is 0 Å². The highest BCUT2D eigenvalue weighted by atomic mass is 19.1. The number of benzene rings is 1. The molecule has 2 rings (SSSR count). The highest BCUT2D eigenvalue weighted by molar-refractivity contribution is 5.77. The Hall–Kier alpha value is -1.62. The first kappa shape index (κ1) is 14.8. The number of ether oxygens (including phenoxy) is 1. The molecule has 5 heteroatoms. The Labute approximate surface area is 118 Å². The molecule has 1 amide bonds. The summed E-state index contributed by atoms with van der Waals surface area (Å²) in [7, 11) is 3.14. The molecule has 1 fully saturated rings. The summed E-state index contributed by atoms with van der Waals surface area (Å²) in [4.78, 5) is 13.7. The highest BCUT2D eigenvalue weighted by Crippen LogP contribution is 2.32.